The molecule has 0 radical (unpaired) electrons. The van der Waals surface area contributed by atoms with Gasteiger partial charge in [-0.05, 0) is 45.7 Å². The maximum atomic E-state index is 11.7. The second-order valence-electron chi connectivity index (χ2n) is 5.67. The molecule has 0 aliphatic carbocycles. The Labute approximate surface area is 120 Å². The van der Waals surface area contributed by atoms with E-state index in [0.29, 0.717) is 6.42 Å². The first-order valence-electron chi connectivity index (χ1n) is 6.44. The van der Waals surface area contributed by atoms with Crippen LogP contribution < -0.4 is 5.32 Å². The van der Waals surface area contributed by atoms with E-state index in [1.807, 2.05) is 52.0 Å². The van der Waals surface area contributed by atoms with E-state index in [9.17, 15) is 4.79 Å². The molecule has 0 fully saturated rings. The minimum Gasteiger partial charge on any atom is -0.366 e. The molecule has 1 rings (SSSR count). The summed E-state index contributed by atoms with van der Waals surface area (Å²) in [4.78, 5) is 11.7. The molecule has 0 aliphatic heterocycles. The molecule has 1 unspecified atom stereocenters. The highest BCUT2D eigenvalue weighted by Crippen LogP contribution is 2.16. The zero-order valence-corrected chi connectivity index (χ0v) is 12.8. The van der Waals surface area contributed by atoms with Crippen LogP contribution >= 0.6 is 11.6 Å². The summed E-state index contributed by atoms with van der Waals surface area (Å²) >= 11 is 6.09. The van der Waals surface area contributed by atoms with E-state index in [1.165, 1.54) is 0 Å². The molecule has 19 heavy (non-hydrogen) atoms. The van der Waals surface area contributed by atoms with Crippen molar-refractivity contribution in [2.45, 2.75) is 45.8 Å². The smallest absolute Gasteiger partial charge is 0.246 e. The third-order valence-corrected chi connectivity index (χ3v) is 2.90. The molecule has 0 heterocycles. The highest BCUT2D eigenvalue weighted by Gasteiger charge is 2.14. The lowest BCUT2D eigenvalue weighted by atomic mass is 10.1. The fourth-order valence-corrected chi connectivity index (χ4v) is 1.86. The summed E-state index contributed by atoms with van der Waals surface area (Å²) in [5, 5.41) is 3.64. The fourth-order valence-electron chi connectivity index (χ4n) is 1.64. The first kappa shape index (κ1) is 16.0. The standard InChI is InChI=1S/C15H22ClNO2/c1-11(9-12-7-5-6-8-13(12)16)17-14(18)10-19-15(2,3)4/h5-8,11H,9-10H2,1-4H3,(H,17,18). The van der Waals surface area contributed by atoms with E-state index in [0.717, 1.165) is 10.6 Å². The van der Waals surface area contributed by atoms with Gasteiger partial charge in [-0.3, -0.25) is 4.79 Å². The van der Waals surface area contributed by atoms with Crippen LogP contribution in [0.2, 0.25) is 5.02 Å². The van der Waals surface area contributed by atoms with Crippen LogP contribution in [0.15, 0.2) is 24.3 Å². The average molecular weight is 284 g/mol. The maximum absolute atomic E-state index is 11.7. The molecule has 3 nitrogen and oxygen atoms in total. The predicted molar refractivity (Wildman–Crippen MR) is 78.5 cm³/mol. The van der Waals surface area contributed by atoms with E-state index in [1.54, 1.807) is 0 Å². The van der Waals surface area contributed by atoms with Crippen LogP contribution in [0.25, 0.3) is 0 Å². The normalized spacial score (nSPS) is 13.1. The minimum atomic E-state index is -0.302. The number of hydrogen-bond acceptors (Lipinski definition) is 2. The number of carbonyl (C=O) groups is 1. The Morgan fingerprint density at radius 1 is 1.37 bits per heavy atom. The SMILES string of the molecule is CC(Cc1ccccc1Cl)NC(=O)COC(C)(C)C. The van der Waals surface area contributed by atoms with Crippen molar-refractivity contribution in [2.75, 3.05) is 6.61 Å². The Morgan fingerprint density at radius 3 is 2.58 bits per heavy atom. The van der Waals surface area contributed by atoms with Crippen molar-refractivity contribution in [2.24, 2.45) is 0 Å². The van der Waals surface area contributed by atoms with Gasteiger partial charge in [0.15, 0.2) is 0 Å². The molecule has 0 saturated carbocycles. The molecule has 0 aromatic heterocycles. The Balaban J connectivity index is 2.41. The summed E-state index contributed by atoms with van der Waals surface area (Å²) in [6.07, 6.45) is 0.709. The number of rotatable bonds is 5. The molecule has 1 aromatic rings. The van der Waals surface area contributed by atoms with Crippen LogP contribution in [0.3, 0.4) is 0 Å². The van der Waals surface area contributed by atoms with E-state index in [4.69, 9.17) is 16.3 Å². The lowest BCUT2D eigenvalue weighted by Crippen LogP contribution is -2.38. The van der Waals surface area contributed by atoms with Gasteiger partial charge in [0.2, 0.25) is 5.91 Å². The Bertz CT molecular complexity index is 426. The van der Waals surface area contributed by atoms with E-state index >= 15 is 0 Å². The van der Waals surface area contributed by atoms with Crippen molar-refractivity contribution < 1.29 is 9.53 Å². The van der Waals surface area contributed by atoms with Crippen molar-refractivity contribution in [1.82, 2.24) is 5.32 Å². The van der Waals surface area contributed by atoms with Crippen molar-refractivity contribution in [3.05, 3.63) is 34.9 Å². The Kier molecular flexibility index (Phi) is 5.83. The van der Waals surface area contributed by atoms with Gasteiger partial charge in [0.25, 0.3) is 0 Å². The summed E-state index contributed by atoms with van der Waals surface area (Å²) in [5.74, 6) is -0.102. The van der Waals surface area contributed by atoms with Crippen LogP contribution in [-0.2, 0) is 16.0 Å². The average Bonchev–Trinajstić information content (AvgIpc) is 2.29. The lowest BCUT2D eigenvalue weighted by molar-refractivity contribution is -0.131. The quantitative estimate of drug-likeness (QED) is 0.901. The van der Waals surface area contributed by atoms with Crippen molar-refractivity contribution in [3.8, 4) is 0 Å². The molecule has 1 atom stereocenters. The molecule has 0 bridgehead atoms. The summed E-state index contributed by atoms with van der Waals surface area (Å²) in [6.45, 7) is 7.81. The molecule has 0 aliphatic rings. The third-order valence-electron chi connectivity index (χ3n) is 2.53. The van der Waals surface area contributed by atoms with Crippen LogP contribution in [0.4, 0.5) is 0 Å². The first-order valence-corrected chi connectivity index (χ1v) is 6.82. The predicted octanol–water partition coefficient (Wildman–Crippen LogP) is 3.20. The lowest BCUT2D eigenvalue weighted by Gasteiger charge is -2.20. The molecule has 1 amide bonds. The summed E-state index contributed by atoms with van der Waals surface area (Å²) in [7, 11) is 0. The van der Waals surface area contributed by atoms with Crippen LogP contribution in [0, 0.1) is 0 Å². The molecule has 106 valence electrons. The van der Waals surface area contributed by atoms with E-state index < -0.39 is 0 Å². The zero-order chi connectivity index (χ0) is 14.5. The molecule has 1 aromatic carbocycles. The second kappa shape index (κ2) is 6.92. The molecule has 0 spiro atoms. The van der Waals surface area contributed by atoms with Gasteiger partial charge in [0.1, 0.15) is 6.61 Å². The van der Waals surface area contributed by atoms with Crippen molar-refractivity contribution >= 4 is 17.5 Å². The number of hydrogen-bond donors (Lipinski definition) is 1. The summed E-state index contributed by atoms with van der Waals surface area (Å²) in [6, 6.07) is 7.69. The van der Waals surface area contributed by atoms with E-state index in [-0.39, 0.29) is 24.2 Å². The summed E-state index contributed by atoms with van der Waals surface area (Å²) < 4.78 is 5.43. The van der Waals surface area contributed by atoms with Gasteiger partial charge in [0, 0.05) is 11.1 Å². The molecule has 1 N–H and O–H groups in total. The van der Waals surface area contributed by atoms with Gasteiger partial charge in [-0.25, -0.2) is 0 Å². The molecular weight excluding hydrogens is 262 g/mol. The number of ether oxygens (including phenoxy) is 1. The topological polar surface area (TPSA) is 38.3 Å². The van der Waals surface area contributed by atoms with Gasteiger partial charge in [-0.1, -0.05) is 29.8 Å². The third kappa shape index (κ3) is 6.60. The van der Waals surface area contributed by atoms with Crippen molar-refractivity contribution in [1.29, 1.82) is 0 Å². The first-order chi connectivity index (χ1) is 8.78. The molecular formula is C15H22ClNO2. The number of carbonyl (C=O) groups excluding carboxylic acids is 1. The van der Waals surface area contributed by atoms with Gasteiger partial charge in [-0.2, -0.15) is 0 Å². The highest BCUT2D eigenvalue weighted by molar-refractivity contribution is 6.31. The minimum absolute atomic E-state index is 0.0240. The summed E-state index contributed by atoms with van der Waals surface area (Å²) in [5.41, 5.74) is 0.734. The van der Waals surface area contributed by atoms with Crippen LogP contribution in [0.1, 0.15) is 33.3 Å². The number of nitrogens with one attached hydrogen (secondary N) is 1. The monoisotopic (exact) mass is 283 g/mol. The van der Waals surface area contributed by atoms with Crippen molar-refractivity contribution in [3.63, 3.8) is 0 Å². The van der Waals surface area contributed by atoms with Gasteiger partial charge < -0.3 is 10.1 Å². The van der Waals surface area contributed by atoms with Gasteiger partial charge >= 0.3 is 0 Å². The highest BCUT2D eigenvalue weighted by atomic mass is 35.5. The van der Waals surface area contributed by atoms with E-state index in [2.05, 4.69) is 5.32 Å². The Hall–Kier alpha value is -1.06. The van der Waals surface area contributed by atoms with Crippen LogP contribution in [-0.4, -0.2) is 24.2 Å². The molecule has 0 saturated heterocycles. The zero-order valence-electron chi connectivity index (χ0n) is 12.0. The molecule has 4 heteroatoms. The number of halogens is 1. The Morgan fingerprint density at radius 2 is 2.00 bits per heavy atom. The largest absolute Gasteiger partial charge is 0.366 e. The second-order valence-corrected chi connectivity index (χ2v) is 6.07. The number of benzene rings is 1. The van der Waals surface area contributed by atoms with Gasteiger partial charge in [0.05, 0.1) is 5.60 Å². The fraction of sp³-hybridized carbons (Fsp3) is 0.533. The maximum Gasteiger partial charge on any atom is 0.246 e. The van der Waals surface area contributed by atoms with Crippen LogP contribution in [0.5, 0.6) is 0 Å². The number of amides is 1. The van der Waals surface area contributed by atoms with Gasteiger partial charge in [-0.15, -0.1) is 0 Å².